The highest BCUT2D eigenvalue weighted by Crippen LogP contribution is 2.20. The molecule has 2 rings (SSSR count). The predicted octanol–water partition coefficient (Wildman–Crippen LogP) is 2.34. The lowest BCUT2D eigenvalue weighted by molar-refractivity contribution is 0.0782. The molecular weight excluding hydrogens is 302 g/mol. The molecule has 22 heavy (non-hydrogen) atoms. The van der Waals surface area contributed by atoms with Crippen molar-refractivity contribution in [1.82, 2.24) is 9.80 Å². The van der Waals surface area contributed by atoms with Gasteiger partial charge in [0, 0.05) is 25.3 Å². The van der Waals surface area contributed by atoms with Gasteiger partial charge in [-0.3, -0.25) is 4.79 Å². The van der Waals surface area contributed by atoms with Gasteiger partial charge in [-0.2, -0.15) is 0 Å². The summed E-state index contributed by atoms with van der Waals surface area (Å²) >= 11 is 0. The summed E-state index contributed by atoms with van der Waals surface area (Å²) in [5, 5.41) is 9.50. The molecule has 0 spiro atoms. The molecule has 6 heteroatoms. The van der Waals surface area contributed by atoms with Crippen LogP contribution in [0.15, 0.2) is 18.2 Å². The number of nitrogen functional groups attached to an aromatic ring is 1. The molecule has 1 atom stereocenters. The molecule has 0 aromatic heterocycles. The number of likely N-dealkylation sites (tertiary alicyclic amines) is 1. The minimum absolute atomic E-state index is 0. The van der Waals surface area contributed by atoms with Crippen LogP contribution in [0.3, 0.4) is 0 Å². The number of anilines is 1. The largest absolute Gasteiger partial charge is 0.508 e. The lowest BCUT2D eigenvalue weighted by Gasteiger charge is -2.26. The summed E-state index contributed by atoms with van der Waals surface area (Å²) in [6, 6.07) is 4.97. The Labute approximate surface area is 138 Å². The van der Waals surface area contributed by atoms with Crippen LogP contribution in [-0.2, 0) is 0 Å². The number of hydrogen-bond acceptors (Lipinski definition) is 4. The number of carbonyl (C=O) groups is 1. The van der Waals surface area contributed by atoms with Gasteiger partial charge in [0.05, 0.1) is 5.56 Å². The van der Waals surface area contributed by atoms with Crippen LogP contribution < -0.4 is 5.73 Å². The molecular formula is C16H26ClN3O2. The van der Waals surface area contributed by atoms with E-state index in [0.29, 0.717) is 23.8 Å². The predicted molar refractivity (Wildman–Crippen MR) is 91.6 cm³/mol. The molecule has 3 N–H and O–H groups in total. The van der Waals surface area contributed by atoms with Gasteiger partial charge < -0.3 is 20.6 Å². The highest BCUT2D eigenvalue weighted by Gasteiger charge is 2.20. The zero-order chi connectivity index (χ0) is 15.4. The minimum atomic E-state index is -0.142. The van der Waals surface area contributed by atoms with Crippen LogP contribution >= 0.6 is 12.4 Å². The Balaban J connectivity index is 0.00000242. The van der Waals surface area contributed by atoms with E-state index in [1.165, 1.54) is 38.1 Å². The van der Waals surface area contributed by atoms with Gasteiger partial charge in [0.25, 0.3) is 5.91 Å². The fourth-order valence-corrected chi connectivity index (χ4v) is 2.78. The standard InChI is InChI=1S/C16H25N3O2.ClH/c1-12(19-8-3-4-9-19)7-10-18(2)16(21)14-11-13(20)5-6-15(14)17;/h5-6,11-12,20H,3-4,7-10,17H2,1-2H3;1H. The molecule has 0 bridgehead atoms. The van der Waals surface area contributed by atoms with E-state index in [-0.39, 0.29) is 24.1 Å². The first-order valence-electron chi connectivity index (χ1n) is 7.57. The molecule has 1 saturated heterocycles. The van der Waals surface area contributed by atoms with Crippen LogP contribution in [0.2, 0.25) is 0 Å². The number of rotatable bonds is 5. The Hall–Kier alpha value is -1.46. The third-order valence-corrected chi connectivity index (χ3v) is 4.26. The van der Waals surface area contributed by atoms with Crippen molar-refractivity contribution in [3.05, 3.63) is 23.8 Å². The molecule has 1 aromatic rings. The number of amides is 1. The van der Waals surface area contributed by atoms with Crippen LogP contribution in [-0.4, -0.2) is 53.5 Å². The maximum absolute atomic E-state index is 12.4. The summed E-state index contributed by atoms with van der Waals surface area (Å²) in [7, 11) is 1.78. The van der Waals surface area contributed by atoms with Crippen molar-refractivity contribution in [2.45, 2.75) is 32.2 Å². The number of benzene rings is 1. The molecule has 1 heterocycles. The van der Waals surface area contributed by atoms with Gasteiger partial charge in [-0.25, -0.2) is 0 Å². The first-order chi connectivity index (χ1) is 9.99. The van der Waals surface area contributed by atoms with E-state index in [4.69, 9.17) is 5.73 Å². The Morgan fingerprint density at radius 2 is 2.05 bits per heavy atom. The van der Waals surface area contributed by atoms with Crippen LogP contribution in [0.5, 0.6) is 5.75 Å². The molecule has 0 aliphatic carbocycles. The lowest BCUT2D eigenvalue weighted by atomic mass is 10.1. The highest BCUT2D eigenvalue weighted by atomic mass is 35.5. The van der Waals surface area contributed by atoms with Crippen molar-refractivity contribution >= 4 is 24.0 Å². The molecule has 124 valence electrons. The number of halogens is 1. The number of carbonyl (C=O) groups excluding carboxylic acids is 1. The summed E-state index contributed by atoms with van der Waals surface area (Å²) in [6.45, 7) is 5.23. The fraction of sp³-hybridized carbons (Fsp3) is 0.562. The van der Waals surface area contributed by atoms with Crippen molar-refractivity contribution < 1.29 is 9.90 Å². The van der Waals surface area contributed by atoms with Crippen LogP contribution in [0.1, 0.15) is 36.5 Å². The van der Waals surface area contributed by atoms with Crippen molar-refractivity contribution in [1.29, 1.82) is 0 Å². The highest BCUT2D eigenvalue weighted by molar-refractivity contribution is 5.99. The number of hydrogen-bond donors (Lipinski definition) is 2. The summed E-state index contributed by atoms with van der Waals surface area (Å²) in [4.78, 5) is 16.5. The average molecular weight is 328 g/mol. The zero-order valence-corrected chi connectivity index (χ0v) is 14.1. The topological polar surface area (TPSA) is 69.8 Å². The van der Waals surface area contributed by atoms with E-state index < -0.39 is 0 Å². The molecule has 1 aliphatic heterocycles. The number of phenolic OH excluding ortho intramolecular Hbond substituents is 1. The van der Waals surface area contributed by atoms with E-state index in [0.717, 1.165) is 6.42 Å². The van der Waals surface area contributed by atoms with Crippen molar-refractivity contribution in [2.24, 2.45) is 0 Å². The Morgan fingerprint density at radius 1 is 1.41 bits per heavy atom. The van der Waals surface area contributed by atoms with E-state index in [1.54, 1.807) is 18.0 Å². The molecule has 5 nitrogen and oxygen atoms in total. The maximum atomic E-state index is 12.4. The molecule has 1 amide bonds. The van der Waals surface area contributed by atoms with Gasteiger partial charge in [0.2, 0.25) is 0 Å². The molecule has 1 aromatic carbocycles. The van der Waals surface area contributed by atoms with Crippen LogP contribution in [0.25, 0.3) is 0 Å². The zero-order valence-electron chi connectivity index (χ0n) is 13.3. The van der Waals surface area contributed by atoms with Crippen molar-refractivity contribution in [2.75, 3.05) is 32.4 Å². The van der Waals surface area contributed by atoms with Gasteiger partial charge >= 0.3 is 0 Å². The van der Waals surface area contributed by atoms with Crippen molar-refractivity contribution in [3.8, 4) is 5.75 Å². The van der Waals surface area contributed by atoms with Gasteiger partial charge in [-0.05, 0) is 57.5 Å². The quantitative estimate of drug-likeness (QED) is 0.643. The average Bonchev–Trinajstić information content (AvgIpc) is 3.00. The fourth-order valence-electron chi connectivity index (χ4n) is 2.78. The normalized spacial score (nSPS) is 16.1. The Morgan fingerprint density at radius 3 is 2.68 bits per heavy atom. The molecule has 0 radical (unpaired) electrons. The van der Waals surface area contributed by atoms with Gasteiger partial charge in [0.1, 0.15) is 5.75 Å². The van der Waals surface area contributed by atoms with Crippen LogP contribution in [0.4, 0.5) is 5.69 Å². The van der Waals surface area contributed by atoms with Crippen LogP contribution in [0, 0.1) is 0 Å². The summed E-state index contributed by atoms with van der Waals surface area (Å²) < 4.78 is 0. The van der Waals surface area contributed by atoms with E-state index >= 15 is 0 Å². The van der Waals surface area contributed by atoms with Crippen molar-refractivity contribution in [3.63, 3.8) is 0 Å². The molecule has 1 aliphatic rings. The molecule has 1 fully saturated rings. The minimum Gasteiger partial charge on any atom is -0.508 e. The van der Waals surface area contributed by atoms with Gasteiger partial charge in [-0.15, -0.1) is 12.4 Å². The van der Waals surface area contributed by atoms with Gasteiger partial charge in [-0.1, -0.05) is 0 Å². The summed E-state index contributed by atoms with van der Waals surface area (Å²) in [5.74, 6) is -0.0802. The lowest BCUT2D eigenvalue weighted by Crippen LogP contribution is -2.35. The third kappa shape index (κ3) is 4.52. The molecule has 0 saturated carbocycles. The second kappa shape index (κ2) is 8.25. The first kappa shape index (κ1) is 18.6. The van der Waals surface area contributed by atoms with E-state index in [1.807, 2.05) is 0 Å². The number of nitrogens with two attached hydrogens (primary N) is 1. The number of nitrogens with zero attached hydrogens (tertiary/aromatic N) is 2. The molecule has 1 unspecified atom stereocenters. The monoisotopic (exact) mass is 327 g/mol. The second-order valence-corrected chi connectivity index (χ2v) is 5.88. The number of phenols is 1. The van der Waals surface area contributed by atoms with Gasteiger partial charge in [0.15, 0.2) is 0 Å². The van der Waals surface area contributed by atoms with E-state index in [2.05, 4.69) is 11.8 Å². The third-order valence-electron chi connectivity index (χ3n) is 4.26. The maximum Gasteiger partial charge on any atom is 0.255 e. The smallest absolute Gasteiger partial charge is 0.255 e. The summed E-state index contributed by atoms with van der Waals surface area (Å²) in [5.41, 5.74) is 6.58. The Bertz CT molecular complexity index is 504. The summed E-state index contributed by atoms with van der Waals surface area (Å²) in [6.07, 6.45) is 3.50. The Kier molecular flexibility index (Phi) is 6.97. The van der Waals surface area contributed by atoms with E-state index in [9.17, 15) is 9.90 Å². The first-order valence-corrected chi connectivity index (χ1v) is 7.57. The number of aromatic hydroxyl groups is 1. The SMILES string of the molecule is CC(CCN(C)C(=O)c1cc(O)ccc1N)N1CCCC1.Cl. The second-order valence-electron chi connectivity index (χ2n) is 5.88.